The molecule has 0 bridgehead atoms. The number of aliphatic imine (C=N–C) groups is 1. The van der Waals surface area contributed by atoms with Crippen molar-refractivity contribution in [2.24, 2.45) is 4.99 Å². The fraction of sp³-hybridized carbons (Fsp3) is 0.130. The maximum absolute atomic E-state index is 12.9. The average molecular weight is 440 g/mol. The zero-order valence-electron chi connectivity index (χ0n) is 16.2. The van der Waals surface area contributed by atoms with Crippen LogP contribution in [-0.4, -0.2) is 19.0 Å². The lowest BCUT2D eigenvalue weighted by atomic mass is 10.0. The highest BCUT2D eigenvalue weighted by atomic mass is 35.5. The van der Waals surface area contributed by atoms with E-state index in [9.17, 15) is 4.79 Å². The maximum atomic E-state index is 12.9. The van der Waals surface area contributed by atoms with Crippen LogP contribution in [0.25, 0.3) is 0 Å². The first-order valence-electron chi connectivity index (χ1n) is 9.35. The molecule has 7 heteroatoms. The molecule has 1 unspecified atom stereocenters. The molecule has 0 spiro atoms. The van der Waals surface area contributed by atoms with Crippen molar-refractivity contribution in [2.75, 3.05) is 12.0 Å². The summed E-state index contributed by atoms with van der Waals surface area (Å²) in [6.45, 7) is 0.550. The summed E-state index contributed by atoms with van der Waals surface area (Å²) < 4.78 is 5.27. The Morgan fingerprint density at radius 1 is 1.00 bits per heavy atom. The molecule has 0 aromatic heterocycles. The Bertz CT molecular complexity index is 1090. The number of amidine groups is 1. The van der Waals surface area contributed by atoms with Crippen LogP contribution >= 0.6 is 23.2 Å². The summed E-state index contributed by atoms with van der Waals surface area (Å²) in [5, 5.41) is 4.13. The van der Waals surface area contributed by atoms with Gasteiger partial charge in [-0.05, 0) is 41.5 Å². The molecule has 0 saturated heterocycles. The van der Waals surface area contributed by atoms with E-state index in [1.165, 1.54) is 0 Å². The molecule has 0 saturated carbocycles. The van der Waals surface area contributed by atoms with Crippen LogP contribution in [-0.2, 0) is 6.54 Å². The third-order valence-electron chi connectivity index (χ3n) is 4.87. The first-order valence-corrected chi connectivity index (χ1v) is 10.1. The molecule has 4 rings (SSSR count). The first kappa shape index (κ1) is 20.3. The molecule has 1 atom stereocenters. The van der Waals surface area contributed by atoms with Crippen molar-refractivity contribution in [1.82, 2.24) is 5.32 Å². The van der Waals surface area contributed by atoms with Crippen molar-refractivity contribution in [3.63, 3.8) is 0 Å². The zero-order valence-corrected chi connectivity index (χ0v) is 17.7. The number of halogens is 2. The number of hydrogen-bond donors (Lipinski definition) is 1. The van der Waals surface area contributed by atoms with Gasteiger partial charge in [0.15, 0.2) is 0 Å². The molecule has 5 nitrogen and oxygen atoms in total. The fourth-order valence-electron chi connectivity index (χ4n) is 3.36. The van der Waals surface area contributed by atoms with Gasteiger partial charge in [0, 0.05) is 12.2 Å². The van der Waals surface area contributed by atoms with E-state index in [-0.39, 0.29) is 6.03 Å². The van der Waals surface area contributed by atoms with Crippen molar-refractivity contribution >= 4 is 40.8 Å². The summed E-state index contributed by atoms with van der Waals surface area (Å²) in [4.78, 5) is 18.8. The smallest absolute Gasteiger partial charge is 0.350 e. The quantitative estimate of drug-likeness (QED) is 0.540. The van der Waals surface area contributed by atoms with Crippen LogP contribution in [0.15, 0.2) is 77.8 Å². The van der Waals surface area contributed by atoms with E-state index in [0.29, 0.717) is 28.1 Å². The van der Waals surface area contributed by atoms with Gasteiger partial charge in [0.1, 0.15) is 17.6 Å². The molecule has 0 aliphatic carbocycles. The Kier molecular flexibility index (Phi) is 5.93. The van der Waals surface area contributed by atoms with E-state index >= 15 is 0 Å². The number of carbonyl (C=O) groups excluding carboxylic acids is 1. The number of nitrogens with one attached hydrogen (secondary N) is 1. The lowest BCUT2D eigenvalue weighted by Gasteiger charge is -2.26. The number of carbonyl (C=O) groups is 1. The number of hydrogen-bond acceptors (Lipinski definition) is 3. The molecule has 0 radical (unpaired) electrons. The highest BCUT2D eigenvalue weighted by Crippen LogP contribution is 2.36. The van der Waals surface area contributed by atoms with E-state index in [4.69, 9.17) is 27.9 Å². The Hall–Kier alpha value is -3.02. The number of ether oxygens (including phenoxy) is 1. The summed E-state index contributed by atoms with van der Waals surface area (Å²) in [5.74, 6) is 1.31. The van der Waals surface area contributed by atoms with Crippen LogP contribution in [0.3, 0.4) is 0 Å². The molecule has 3 aromatic carbocycles. The fourth-order valence-corrected chi connectivity index (χ4v) is 3.66. The molecule has 30 heavy (non-hydrogen) atoms. The predicted octanol–water partition coefficient (Wildman–Crippen LogP) is 5.87. The lowest BCUT2D eigenvalue weighted by Crippen LogP contribution is -2.36. The third-order valence-corrected chi connectivity index (χ3v) is 5.61. The molecular weight excluding hydrogens is 421 g/mol. The summed E-state index contributed by atoms with van der Waals surface area (Å²) in [6, 6.07) is 21.8. The first-order chi connectivity index (χ1) is 14.6. The minimum Gasteiger partial charge on any atom is -0.497 e. The van der Waals surface area contributed by atoms with Gasteiger partial charge < -0.3 is 10.1 Å². The molecule has 3 aromatic rings. The van der Waals surface area contributed by atoms with Gasteiger partial charge in [-0.15, -0.1) is 0 Å². The van der Waals surface area contributed by atoms with Crippen LogP contribution in [0.5, 0.6) is 5.75 Å². The SMILES string of the molecule is COc1ccc(C2C(NCc3ccccc3)=NC(=O)N2c2ccc(Cl)c(Cl)c2)cc1. The van der Waals surface area contributed by atoms with Crippen LogP contribution in [0.4, 0.5) is 10.5 Å². The number of anilines is 1. The maximum Gasteiger partial charge on any atom is 0.350 e. The Balaban J connectivity index is 1.69. The minimum atomic E-state index is -0.427. The van der Waals surface area contributed by atoms with Gasteiger partial charge in [-0.25, -0.2) is 4.79 Å². The molecular formula is C23H19Cl2N3O2. The van der Waals surface area contributed by atoms with Crippen molar-refractivity contribution in [2.45, 2.75) is 12.6 Å². The molecule has 1 aliphatic rings. The highest BCUT2D eigenvalue weighted by molar-refractivity contribution is 6.42. The molecule has 1 aliphatic heterocycles. The van der Waals surface area contributed by atoms with Crippen LogP contribution < -0.4 is 15.0 Å². The van der Waals surface area contributed by atoms with Gasteiger partial charge in [-0.1, -0.05) is 65.7 Å². The molecule has 1 heterocycles. The Morgan fingerprint density at radius 3 is 2.40 bits per heavy atom. The molecule has 1 N–H and O–H groups in total. The van der Waals surface area contributed by atoms with Crippen molar-refractivity contribution in [1.29, 1.82) is 0 Å². The van der Waals surface area contributed by atoms with Gasteiger partial charge in [0.2, 0.25) is 0 Å². The number of nitrogens with zero attached hydrogens (tertiary/aromatic N) is 2. The van der Waals surface area contributed by atoms with Crippen LogP contribution in [0.2, 0.25) is 10.0 Å². The van der Waals surface area contributed by atoms with E-state index < -0.39 is 6.04 Å². The third kappa shape index (κ3) is 4.13. The van der Waals surface area contributed by atoms with Crippen molar-refractivity contribution in [3.05, 3.63) is 94.0 Å². The number of methoxy groups -OCH3 is 1. The van der Waals surface area contributed by atoms with Crippen molar-refractivity contribution < 1.29 is 9.53 Å². The average Bonchev–Trinajstić information content (AvgIpc) is 3.11. The van der Waals surface area contributed by atoms with Gasteiger partial charge >= 0.3 is 6.03 Å². The largest absolute Gasteiger partial charge is 0.497 e. The number of benzene rings is 3. The second-order valence-corrected chi connectivity index (χ2v) is 7.58. The summed E-state index contributed by atoms with van der Waals surface area (Å²) >= 11 is 12.3. The van der Waals surface area contributed by atoms with Gasteiger partial charge in [0.05, 0.1) is 17.2 Å². The lowest BCUT2D eigenvalue weighted by molar-refractivity contribution is 0.255. The minimum absolute atomic E-state index is 0.371. The summed E-state index contributed by atoms with van der Waals surface area (Å²) in [7, 11) is 1.62. The standard InChI is InChI=1S/C23H19Cl2N3O2/c1-30-18-10-7-16(8-11-18)21-22(26-14-15-5-3-2-4-6-15)27-23(29)28(21)17-9-12-19(24)20(25)13-17/h2-13,21H,14H2,1H3,(H,26,27,29). The summed E-state index contributed by atoms with van der Waals surface area (Å²) in [5.41, 5.74) is 2.61. The Labute approximate surface area is 184 Å². The number of urea groups is 1. The topological polar surface area (TPSA) is 53.9 Å². The van der Waals surface area contributed by atoms with E-state index in [1.807, 2.05) is 54.6 Å². The van der Waals surface area contributed by atoms with E-state index in [1.54, 1.807) is 30.2 Å². The molecule has 152 valence electrons. The van der Waals surface area contributed by atoms with Gasteiger partial charge in [-0.2, -0.15) is 4.99 Å². The summed E-state index contributed by atoms with van der Waals surface area (Å²) in [6.07, 6.45) is 0. The number of amides is 2. The molecule has 0 fully saturated rings. The number of rotatable bonds is 5. The van der Waals surface area contributed by atoms with E-state index in [2.05, 4.69) is 10.3 Å². The molecule has 2 amide bonds. The van der Waals surface area contributed by atoms with Gasteiger partial charge in [0.25, 0.3) is 0 Å². The predicted molar refractivity (Wildman–Crippen MR) is 121 cm³/mol. The van der Waals surface area contributed by atoms with Crippen LogP contribution in [0, 0.1) is 0 Å². The monoisotopic (exact) mass is 439 g/mol. The van der Waals surface area contributed by atoms with Crippen LogP contribution in [0.1, 0.15) is 17.2 Å². The highest BCUT2D eigenvalue weighted by Gasteiger charge is 2.37. The zero-order chi connectivity index (χ0) is 21.1. The second kappa shape index (κ2) is 8.78. The van der Waals surface area contributed by atoms with Gasteiger partial charge in [-0.3, -0.25) is 4.90 Å². The Morgan fingerprint density at radius 2 is 1.73 bits per heavy atom. The second-order valence-electron chi connectivity index (χ2n) is 6.76. The normalized spacial score (nSPS) is 15.8. The van der Waals surface area contributed by atoms with Crippen molar-refractivity contribution in [3.8, 4) is 5.75 Å². The van der Waals surface area contributed by atoms with E-state index in [0.717, 1.165) is 16.9 Å².